The first-order chi connectivity index (χ1) is 6.68. The van der Waals surface area contributed by atoms with Crippen molar-refractivity contribution in [1.82, 2.24) is 4.98 Å². The van der Waals surface area contributed by atoms with Crippen molar-refractivity contribution in [1.29, 1.82) is 0 Å². The summed E-state index contributed by atoms with van der Waals surface area (Å²) in [5, 5.41) is 0. The molecule has 1 unspecified atom stereocenters. The van der Waals surface area contributed by atoms with Crippen LogP contribution >= 0.6 is 0 Å². The lowest BCUT2D eigenvalue weighted by molar-refractivity contribution is 0.471. The molecule has 0 saturated heterocycles. The van der Waals surface area contributed by atoms with Gasteiger partial charge in [-0.3, -0.25) is 0 Å². The number of hydrogen-bond acceptors (Lipinski definition) is 4. The Kier molecular flexibility index (Phi) is 2.13. The molecule has 0 aliphatic carbocycles. The highest BCUT2D eigenvalue weighted by Crippen LogP contribution is 2.25. The van der Waals surface area contributed by atoms with Gasteiger partial charge in [-0.25, -0.2) is 4.98 Å². The third-order valence-electron chi connectivity index (χ3n) is 2.04. The smallest absolute Gasteiger partial charge is 0.211 e. The van der Waals surface area contributed by atoms with Crippen LogP contribution in [-0.4, -0.2) is 4.98 Å². The van der Waals surface area contributed by atoms with Crippen LogP contribution in [0.4, 0.5) is 0 Å². The first-order valence-corrected chi connectivity index (χ1v) is 4.44. The first-order valence-electron chi connectivity index (χ1n) is 4.44. The predicted molar refractivity (Wildman–Crippen MR) is 51.5 cm³/mol. The van der Waals surface area contributed by atoms with Crippen molar-refractivity contribution in [2.75, 3.05) is 0 Å². The maximum Gasteiger partial charge on any atom is 0.211 e. The summed E-state index contributed by atoms with van der Waals surface area (Å²) in [7, 11) is 0. The zero-order valence-corrected chi connectivity index (χ0v) is 8.15. The van der Waals surface area contributed by atoms with Crippen molar-refractivity contribution in [3.8, 4) is 11.3 Å². The Morgan fingerprint density at radius 3 is 2.79 bits per heavy atom. The van der Waals surface area contributed by atoms with Crippen molar-refractivity contribution >= 4 is 0 Å². The Labute approximate surface area is 81.7 Å². The molecule has 0 aliphatic heterocycles. The van der Waals surface area contributed by atoms with Gasteiger partial charge in [0.2, 0.25) is 5.89 Å². The van der Waals surface area contributed by atoms with Gasteiger partial charge in [0.15, 0.2) is 5.76 Å². The Morgan fingerprint density at radius 2 is 2.29 bits per heavy atom. The van der Waals surface area contributed by atoms with Crippen LogP contribution in [0.15, 0.2) is 27.4 Å². The number of hydrogen-bond donors (Lipinski definition) is 1. The monoisotopic (exact) mass is 192 g/mol. The molecule has 2 aromatic heterocycles. The van der Waals surface area contributed by atoms with Crippen LogP contribution in [0.1, 0.15) is 24.6 Å². The minimum Gasteiger partial charge on any atom is -0.469 e. The summed E-state index contributed by atoms with van der Waals surface area (Å²) in [5.74, 6) is 2.06. The summed E-state index contributed by atoms with van der Waals surface area (Å²) in [6.07, 6.45) is 3.29. The molecule has 0 fully saturated rings. The van der Waals surface area contributed by atoms with E-state index in [0.29, 0.717) is 11.7 Å². The molecule has 2 N–H and O–H groups in total. The van der Waals surface area contributed by atoms with Crippen molar-refractivity contribution in [3.63, 3.8) is 0 Å². The van der Waals surface area contributed by atoms with E-state index in [0.717, 1.165) is 11.3 Å². The number of nitrogens with two attached hydrogens (primary N) is 1. The second-order valence-corrected chi connectivity index (χ2v) is 3.24. The average Bonchev–Trinajstić information content (AvgIpc) is 2.71. The van der Waals surface area contributed by atoms with Crippen molar-refractivity contribution in [2.45, 2.75) is 19.9 Å². The third kappa shape index (κ3) is 1.44. The summed E-state index contributed by atoms with van der Waals surface area (Å²) in [4.78, 5) is 4.08. The largest absolute Gasteiger partial charge is 0.469 e. The van der Waals surface area contributed by atoms with Crippen LogP contribution in [0, 0.1) is 6.92 Å². The highest BCUT2D eigenvalue weighted by molar-refractivity contribution is 5.58. The fourth-order valence-corrected chi connectivity index (χ4v) is 1.26. The Morgan fingerprint density at radius 1 is 1.50 bits per heavy atom. The maximum absolute atomic E-state index is 5.64. The maximum atomic E-state index is 5.64. The molecular weight excluding hydrogens is 180 g/mol. The molecule has 2 rings (SSSR count). The van der Waals surface area contributed by atoms with Crippen LogP contribution in [0.5, 0.6) is 0 Å². The molecule has 4 nitrogen and oxygen atoms in total. The van der Waals surface area contributed by atoms with Crippen molar-refractivity contribution in [2.24, 2.45) is 5.73 Å². The average molecular weight is 192 g/mol. The fourth-order valence-electron chi connectivity index (χ4n) is 1.26. The summed E-state index contributed by atoms with van der Waals surface area (Å²) < 4.78 is 10.6. The molecule has 14 heavy (non-hydrogen) atoms. The number of nitrogens with zero attached hydrogens (tertiary/aromatic N) is 1. The molecule has 0 saturated carbocycles. The first kappa shape index (κ1) is 9.02. The van der Waals surface area contributed by atoms with Crippen LogP contribution in [-0.2, 0) is 0 Å². The van der Waals surface area contributed by atoms with E-state index in [9.17, 15) is 0 Å². The number of furan rings is 1. The zero-order valence-electron chi connectivity index (χ0n) is 8.15. The number of rotatable bonds is 2. The molecule has 0 spiro atoms. The quantitative estimate of drug-likeness (QED) is 0.792. The molecule has 0 amide bonds. The highest BCUT2D eigenvalue weighted by atomic mass is 16.4. The molecular formula is C10H12N2O2. The van der Waals surface area contributed by atoms with Crippen LogP contribution in [0.3, 0.4) is 0 Å². The Hall–Kier alpha value is -1.55. The van der Waals surface area contributed by atoms with E-state index in [-0.39, 0.29) is 6.04 Å². The fraction of sp³-hybridized carbons (Fsp3) is 0.300. The highest BCUT2D eigenvalue weighted by Gasteiger charge is 2.12. The van der Waals surface area contributed by atoms with Gasteiger partial charge in [-0.05, 0) is 19.9 Å². The SMILES string of the molecule is Cc1occc1-c1cnc(C(C)N)o1. The van der Waals surface area contributed by atoms with E-state index < -0.39 is 0 Å². The second kappa shape index (κ2) is 3.31. The summed E-state index contributed by atoms with van der Waals surface area (Å²) in [6, 6.07) is 1.66. The Bertz CT molecular complexity index is 429. The van der Waals surface area contributed by atoms with Gasteiger partial charge in [0.1, 0.15) is 5.76 Å². The van der Waals surface area contributed by atoms with Gasteiger partial charge in [-0.15, -0.1) is 0 Å². The van der Waals surface area contributed by atoms with Crippen LogP contribution < -0.4 is 5.73 Å². The van der Waals surface area contributed by atoms with Gasteiger partial charge in [-0.2, -0.15) is 0 Å². The molecule has 74 valence electrons. The minimum atomic E-state index is -0.184. The van der Waals surface area contributed by atoms with Crippen molar-refractivity contribution < 1.29 is 8.83 Å². The number of aryl methyl sites for hydroxylation is 1. The van der Waals surface area contributed by atoms with E-state index in [1.54, 1.807) is 12.5 Å². The second-order valence-electron chi connectivity index (χ2n) is 3.24. The van der Waals surface area contributed by atoms with Gasteiger partial charge in [0.25, 0.3) is 0 Å². The van der Waals surface area contributed by atoms with Crippen LogP contribution in [0.2, 0.25) is 0 Å². The van der Waals surface area contributed by atoms with E-state index in [1.165, 1.54) is 0 Å². The van der Waals surface area contributed by atoms with E-state index in [4.69, 9.17) is 14.6 Å². The van der Waals surface area contributed by atoms with Crippen LogP contribution in [0.25, 0.3) is 11.3 Å². The lowest BCUT2D eigenvalue weighted by atomic mass is 10.2. The summed E-state index contributed by atoms with van der Waals surface area (Å²) in [6.45, 7) is 3.71. The van der Waals surface area contributed by atoms with Gasteiger partial charge < -0.3 is 14.6 Å². The number of oxazole rings is 1. The topological polar surface area (TPSA) is 65.2 Å². The minimum absolute atomic E-state index is 0.184. The van der Waals surface area contributed by atoms with E-state index >= 15 is 0 Å². The molecule has 0 radical (unpaired) electrons. The van der Waals surface area contributed by atoms with Crippen molar-refractivity contribution in [3.05, 3.63) is 30.2 Å². The lowest BCUT2D eigenvalue weighted by Gasteiger charge is -1.96. The normalized spacial score (nSPS) is 13.1. The molecule has 0 aliphatic rings. The van der Waals surface area contributed by atoms with Gasteiger partial charge in [0, 0.05) is 0 Å². The molecule has 2 heterocycles. The zero-order chi connectivity index (χ0) is 10.1. The molecule has 4 heteroatoms. The van der Waals surface area contributed by atoms with Gasteiger partial charge in [0.05, 0.1) is 24.1 Å². The number of aromatic nitrogens is 1. The molecule has 2 aromatic rings. The molecule has 0 aromatic carbocycles. The molecule has 1 atom stereocenters. The lowest BCUT2D eigenvalue weighted by Crippen LogP contribution is -2.04. The van der Waals surface area contributed by atoms with E-state index in [2.05, 4.69) is 4.98 Å². The summed E-state index contributed by atoms with van der Waals surface area (Å²) in [5.41, 5.74) is 6.56. The Balaban J connectivity index is 2.39. The standard InChI is InChI=1S/C10H12N2O2/c1-6(11)10-12-5-9(14-10)8-3-4-13-7(8)2/h3-6H,11H2,1-2H3. The predicted octanol–water partition coefficient (Wildman–Crippen LogP) is 2.26. The summed E-state index contributed by atoms with van der Waals surface area (Å²) >= 11 is 0. The molecule has 0 bridgehead atoms. The van der Waals surface area contributed by atoms with E-state index in [1.807, 2.05) is 19.9 Å². The van der Waals surface area contributed by atoms with Gasteiger partial charge in [-0.1, -0.05) is 0 Å². The van der Waals surface area contributed by atoms with Gasteiger partial charge >= 0.3 is 0 Å². The third-order valence-corrected chi connectivity index (χ3v) is 2.04.